The minimum absolute atomic E-state index is 0.0813. The van der Waals surface area contributed by atoms with Gasteiger partial charge in [0.2, 0.25) is 0 Å². The van der Waals surface area contributed by atoms with Crippen molar-refractivity contribution in [3.05, 3.63) is 69.8 Å². The molecule has 23 heavy (non-hydrogen) atoms. The highest BCUT2D eigenvalue weighted by Crippen LogP contribution is 2.21. The lowest BCUT2D eigenvalue weighted by molar-refractivity contribution is -0.385. The summed E-state index contributed by atoms with van der Waals surface area (Å²) >= 11 is 0. The third-order valence-corrected chi connectivity index (χ3v) is 3.68. The molecule has 2 rings (SSSR count). The van der Waals surface area contributed by atoms with Crippen LogP contribution in [0, 0.1) is 17.0 Å². The molecule has 0 fully saturated rings. The van der Waals surface area contributed by atoms with Crippen molar-refractivity contribution < 1.29 is 9.66 Å². The van der Waals surface area contributed by atoms with Gasteiger partial charge in [0, 0.05) is 30.5 Å². The van der Waals surface area contributed by atoms with Crippen LogP contribution in [0.2, 0.25) is 0 Å². The normalized spacial score (nSPS) is 11.9. The molecule has 0 saturated carbocycles. The second kappa shape index (κ2) is 8.29. The summed E-state index contributed by atoms with van der Waals surface area (Å²) in [7, 11) is 0. The van der Waals surface area contributed by atoms with Gasteiger partial charge in [0.05, 0.1) is 11.0 Å². The third kappa shape index (κ3) is 5.07. The average Bonchev–Trinajstić information content (AvgIpc) is 2.55. The zero-order valence-electron chi connectivity index (χ0n) is 13.5. The maximum atomic E-state index is 10.8. The van der Waals surface area contributed by atoms with Crippen LogP contribution in [0.15, 0.2) is 48.5 Å². The Morgan fingerprint density at radius 2 is 1.96 bits per heavy atom. The van der Waals surface area contributed by atoms with Crippen molar-refractivity contribution in [2.24, 2.45) is 0 Å². The van der Waals surface area contributed by atoms with Crippen LogP contribution in [0.25, 0.3) is 0 Å². The molecule has 5 nitrogen and oxygen atoms in total. The zero-order chi connectivity index (χ0) is 16.7. The fourth-order valence-electron chi connectivity index (χ4n) is 2.36. The van der Waals surface area contributed by atoms with Crippen LogP contribution in [-0.2, 0) is 4.74 Å². The number of benzene rings is 2. The van der Waals surface area contributed by atoms with Gasteiger partial charge in [0.1, 0.15) is 0 Å². The molecule has 1 atom stereocenters. The Hall–Kier alpha value is -2.40. The Balaban J connectivity index is 1.71. The molecule has 5 heteroatoms. The first-order valence-electron chi connectivity index (χ1n) is 7.73. The molecule has 0 amide bonds. The maximum Gasteiger partial charge on any atom is 0.272 e. The molecule has 2 aromatic carbocycles. The third-order valence-electron chi connectivity index (χ3n) is 3.68. The molecule has 0 bridgehead atoms. The molecule has 0 aliphatic carbocycles. The molecule has 0 radical (unpaired) electrons. The second-order valence-electron chi connectivity index (χ2n) is 5.46. The van der Waals surface area contributed by atoms with E-state index >= 15 is 0 Å². The van der Waals surface area contributed by atoms with Gasteiger partial charge >= 0.3 is 0 Å². The summed E-state index contributed by atoms with van der Waals surface area (Å²) in [5.74, 6) is 0. The Labute approximate surface area is 136 Å². The van der Waals surface area contributed by atoms with Crippen molar-refractivity contribution >= 4 is 11.4 Å². The molecule has 2 aromatic rings. The van der Waals surface area contributed by atoms with E-state index in [9.17, 15) is 10.1 Å². The number of hydrogen-bond acceptors (Lipinski definition) is 4. The van der Waals surface area contributed by atoms with Gasteiger partial charge in [0.15, 0.2) is 0 Å². The second-order valence-corrected chi connectivity index (χ2v) is 5.46. The van der Waals surface area contributed by atoms with Gasteiger partial charge in [-0.1, -0.05) is 30.3 Å². The number of hydrogen-bond donors (Lipinski definition) is 1. The van der Waals surface area contributed by atoms with Crippen molar-refractivity contribution in [1.29, 1.82) is 0 Å². The molecular weight excluding hydrogens is 292 g/mol. The summed E-state index contributed by atoms with van der Waals surface area (Å²) < 4.78 is 5.81. The van der Waals surface area contributed by atoms with Crippen LogP contribution in [0.4, 0.5) is 11.4 Å². The number of aryl methyl sites for hydroxylation is 1. The fraction of sp³-hybridized carbons (Fsp3) is 0.333. The molecule has 0 aliphatic heterocycles. The highest BCUT2D eigenvalue weighted by molar-refractivity contribution is 5.53. The smallest absolute Gasteiger partial charge is 0.272 e. The molecule has 0 heterocycles. The van der Waals surface area contributed by atoms with Gasteiger partial charge in [0.25, 0.3) is 5.69 Å². The Morgan fingerprint density at radius 3 is 2.61 bits per heavy atom. The van der Waals surface area contributed by atoms with Gasteiger partial charge in [-0.05, 0) is 38.0 Å². The number of nitrogens with one attached hydrogen (secondary N) is 1. The lowest BCUT2D eigenvalue weighted by Gasteiger charge is -2.14. The minimum atomic E-state index is -0.363. The van der Waals surface area contributed by atoms with E-state index in [0.29, 0.717) is 12.2 Å². The number of nitrogens with zero attached hydrogens (tertiary/aromatic N) is 1. The first kappa shape index (κ1) is 17.0. The van der Waals surface area contributed by atoms with E-state index < -0.39 is 0 Å². The van der Waals surface area contributed by atoms with Crippen LogP contribution in [0.1, 0.15) is 30.6 Å². The largest absolute Gasteiger partial charge is 0.385 e. The van der Waals surface area contributed by atoms with Crippen LogP contribution in [0.5, 0.6) is 0 Å². The lowest BCUT2D eigenvalue weighted by Crippen LogP contribution is -2.08. The predicted octanol–water partition coefficient (Wildman–Crippen LogP) is 4.48. The first-order valence-corrected chi connectivity index (χ1v) is 7.73. The number of nitro benzene ring substituents is 1. The molecule has 1 unspecified atom stereocenters. The topological polar surface area (TPSA) is 64.4 Å². The summed E-state index contributed by atoms with van der Waals surface area (Å²) in [5.41, 5.74) is 2.88. The Morgan fingerprint density at radius 1 is 1.22 bits per heavy atom. The highest BCUT2D eigenvalue weighted by Gasteiger charge is 2.09. The molecule has 122 valence electrons. The molecule has 0 aromatic heterocycles. The quantitative estimate of drug-likeness (QED) is 0.443. The average molecular weight is 314 g/mol. The van der Waals surface area contributed by atoms with E-state index in [-0.39, 0.29) is 16.7 Å². The SMILES string of the molecule is Cc1cc(NCCCOC(C)c2ccccc2)ccc1[N+](=O)[O-]. The van der Waals surface area contributed by atoms with Gasteiger partial charge < -0.3 is 10.1 Å². The number of anilines is 1. The Bertz CT molecular complexity index is 644. The van der Waals surface area contributed by atoms with E-state index in [2.05, 4.69) is 17.4 Å². The number of rotatable bonds is 8. The van der Waals surface area contributed by atoms with Gasteiger partial charge in [-0.25, -0.2) is 0 Å². The summed E-state index contributed by atoms with van der Waals surface area (Å²) in [4.78, 5) is 10.4. The van der Waals surface area contributed by atoms with Gasteiger partial charge in [-0.15, -0.1) is 0 Å². The molecule has 0 aliphatic rings. The van der Waals surface area contributed by atoms with E-state index in [1.165, 1.54) is 11.6 Å². The minimum Gasteiger partial charge on any atom is -0.385 e. The van der Waals surface area contributed by atoms with Gasteiger partial charge in [-0.2, -0.15) is 0 Å². The van der Waals surface area contributed by atoms with Gasteiger partial charge in [-0.3, -0.25) is 10.1 Å². The van der Waals surface area contributed by atoms with Crippen LogP contribution >= 0.6 is 0 Å². The van der Waals surface area contributed by atoms with Crippen molar-refractivity contribution in [3.8, 4) is 0 Å². The standard InChI is InChI=1S/C18H22N2O3/c1-14-13-17(9-10-18(14)20(21)22)19-11-6-12-23-15(2)16-7-4-3-5-8-16/h3-5,7-10,13,15,19H,6,11-12H2,1-2H3. The number of nitro groups is 1. The van der Waals surface area contributed by atoms with Crippen LogP contribution in [-0.4, -0.2) is 18.1 Å². The molecule has 0 saturated heterocycles. The summed E-state index contributed by atoms with van der Waals surface area (Å²) in [6, 6.07) is 15.2. The Kier molecular flexibility index (Phi) is 6.11. The summed E-state index contributed by atoms with van der Waals surface area (Å²) in [5, 5.41) is 14.0. The highest BCUT2D eigenvalue weighted by atomic mass is 16.6. The fourth-order valence-corrected chi connectivity index (χ4v) is 2.36. The van der Waals surface area contributed by atoms with E-state index in [1.807, 2.05) is 25.1 Å². The van der Waals surface area contributed by atoms with Crippen LogP contribution < -0.4 is 5.32 Å². The lowest BCUT2D eigenvalue weighted by atomic mass is 10.1. The van der Waals surface area contributed by atoms with E-state index in [4.69, 9.17) is 4.74 Å². The van der Waals surface area contributed by atoms with Crippen molar-refractivity contribution in [2.45, 2.75) is 26.4 Å². The first-order chi connectivity index (χ1) is 11.1. The molecular formula is C18H22N2O3. The van der Waals surface area contributed by atoms with Crippen LogP contribution in [0.3, 0.4) is 0 Å². The summed E-state index contributed by atoms with van der Waals surface area (Å²) in [6.07, 6.45) is 0.950. The summed E-state index contributed by atoms with van der Waals surface area (Å²) in [6.45, 7) is 5.21. The monoisotopic (exact) mass is 314 g/mol. The molecule has 0 spiro atoms. The zero-order valence-corrected chi connectivity index (χ0v) is 13.5. The predicted molar refractivity (Wildman–Crippen MR) is 91.7 cm³/mol. The van der Waals surface area contributed by atoms with Crippen molar-refractivity contribution in [1.82, 2.24) is 0 Å². The maximum absolute atomic E-state index is 10.8. The molecule has 1 N–H and O–H groups in total. The number of ether oxygens (including phenoxy) is 1. The van der Waals surface area contributed by atoms with Crippen molar-refractivity contribution in [2.75, 3.05) is 18.5 Å². The van der Waals surface area contributed by atoms with E-state index in [0.717, 1.165) is 18.7 Å². The van der Waals surface area contributed by atoms with Crippen molar-refractivity contribution in [3.63, 3.8) is 0 Å². The van der Waals surface area contributed by atoms with E-state index in [1.54, 1.807) is 19.1 Å².